The monoisotopic (exact) mass is 313 g/mol. The third-order valence-electron chi connectivity index (χ3n) is 3.59. The van der Waals surface area contributed by atoms with Gasteiger partial charge < -0.3 is 14.8 Å². The van der Waals surface area contributed by atoms with Crippen LogP contribution in [-0.2, 0) is 13.2 Å². The standard InChI is InChI=1S/C20H27NO2/c1-15(2)12-21-13-17-8-9-19(20(11-17)22-4)23-14-18-7-5-6-16(3)10-18/h5-11,15,21H,12-14H2,1-4H3. The van der Waals surface area contributed by atoms with Crippen LogP contribution in [-0.4, -0.2) is 13.7 Å². The first-order valence-electron chi connectivity index (χ1n) is 8.14. The van der Waals surface area contributed by atoms with E-state index in [1.165, 1.54) is 11.1 Å². The molecule has 0 aliphatic carbocycles. The Morgan fingerprint density at radius 3 is 2.52 bits per heavy atom. The average Bonchev–Trinajstić information content (AvgIpc) is 2.53. The Morgan fingerprint density at radius 1 is 1.00 bits per heavy atom. The molecule has 0 saturated heterocycles. The Hall–Kier alpha value is -2.00. The minimum atomic E-state index is 0.545. The van der Waals surface area contributed by atoms with Crippen LogP contribution in [0.25, 0.3) is 0 Å². The van der Waals surface area contributed by atoms with Gasteiger partial charge in [-0.1, -0.05) is 49.7 Å². The third kappa shape index (κ3) is 5.61. The molecule has 0 saturated carbocycles. The van der Waals surface area contributed by atoms with Crippen LogP contribution in [0.5, 0.6) is 11.5 Å². The molecule has 124 valence electrons. The van der Waals surface area contributed by atoms with Crippen LogP contribution >= 0.6 is 0 Å². The van der Waals surface area contributed by atoms with Gasteiger partial charge in [-0.2, -0.15) is 0 Å². The number of benzene rings is 2. The second-order valence-electron chi connectivity index (χ2n) is 6.29. The first kappa shape index (κ1) is 17.4. The van der Waals surface area contributed by atoms with E-state index >= 15 is 0 Å². The number of aryl methyl sites for hydroxylation is 1. The van der Waals surface area contributed by atoms with Crippen molar-refractivity contribution in [1.29, 1.82) is 0 Å². The smallest absolute Gasteiger partial charge is 0.161 e. The van der Waals surface area contributed by atoms with Gasteiger partial charge in [0, 0.05) is 6.54 Å². The summed E-state index contributed by atoms with van der Waals surface area (Å²) in [6.45, 7) is 8.89. The summed E-state index contributed by atoms with van der Waals surface area (Å²) in [4.78, 5) is 0. The van der Waals surface area contributed by atoms with E-state index in [-0.39, 0.29) is 0 Å². The summed E-state index contributed by atoms with van der Waals surface area (Å²) < 4.78 is 11.4. The largest absolute Gasteiger partial charge is 0.493 e. The van der Waals surface area contributed by atoms with E-state index in [9.17, 15) is 0 Å². The lowest BCUT2D eigenvalue weighted by Gasteiger charge is -2.13. The van der Waals surface area contributed by atoms with Gasteiger partial charge >= 0.3 is 0 Å². The lowest BCUT2D eigenvalue weighted by molar-refractivity contribution is 0.284. The van der Waals surface area contributed by atoms with Crippen LogP contribution in [0, 0.1) is 12.8 Å². The van der Waals surface area contributed by atoms with Crippen molar-refractivity contribution < 1.29 is 9.47 Å². The van der Waals surface area contributed by atoms with E-state index in [1.54, 1.807) is 7.11 Å². The summed E-state index contributed by atoms with van der Waals surface area (Å²) >= 11 is 0. The van der Waals surface area contributed by atoms with Crippen molar-refractivity contribution >= 4 is 0 Å². The number of methoxy groups -OCH3 is 1. The highest BCUT2D eigenvalue weighted by molar-refractivity contribution is 5.43. The van der Waals surface area contributed by atoms with E-state index in [1.807, 2.05) is 12.1 Å². The van der Waals surface area contributed by atoms with E-state index in [4.69, 9.17) is 9.47 Å². The Balaban J connectivity index is 1.98. The number of ether oxygens (including phenoxy) is 2. The minimum Gasteiger partial charge on any atom is -0.493 e. The van der Waals surface area contributed by atoms with Gasteiger partial charge in [-0.3, -0.25) is 0 Å². The highest BCUT2D eigenvalue weighted by atomic mass is 16.5. The first-order valence-corrected chi connectivity index (χ1v) is 8.14. The van der Waals surface area contributed by atoms with Crippen LogP contribution in [0.1, 0.15) is 30.5 Å². The molecule has 0 heterocycles. The minimum absolute atomic E-state index is 0.545. The van der Waals surface area contributed by atoms with Gasteiger partial charge in [-0.05, 0) is 42.6 Å². The zero-order valence-corrected chi connectivity index (χ0v) is 14.6. The number of rotatable bonds is 8. The molecular formula is C20H27NO2. The molecule has 0 aliphatic rings. The Labute approximate surface area is 139 Å². The predicted octanol–water partition coefficient (Wildman–Crippen LogP) is 4.33. The molecule has 0 aromatic heterocycles. The summed E-state index contributed by atoms with van der Waals surface area (Å²) in [6, 6.07) is 14.5. The maximum Gasteiger partial charge on any atom is 0.161 e. The van der Waals surface area contributed by atoms with Crippen molar-refractivity contribution in [3.8, 4) is 11.5 Å². The normalized spacial score (nSPS) is 10.8. The molecule has 2 rings (SSSR count). The maximum absolute atomic E-state index is 5.92. The number of nitrogens with one attached hydrogen (secondary N) is 1. The Kier molecular flexibility index (Phi) is 6.48. The lowest BCUT2D eigenvalue weighted by Crippen LogP contribution is -2.18. The molecule has 0 spiro atoms. The molecule has 0 bridgehead atoms. The zero-order chi connectivity index (χ0) is 16.7. The van der Waals surface area contributed by atoms with Gasteiger partial charge in [0.2, 0.25) is 0 Å². The summed E-state index contributed by atoms with van der Waals surface area (Å²) in [5.41, 5.74) is 3.60. The highest BCUT2D eigenvalue weighted by Gasteiger charge is 2.06. The third-order valence-corrected chi connectivity index (χ3v) is 3.59. The first-order chi connectivity index (χ1) is 11.1. The van der Waals surface area contributed by atoms with Crippen molar-refractivity contribution in [1.82, 2.24) is 5.32 Å². The molecule has 2 aromatic carbocycles. The highest BCUT2D eigenvalue weighted by Crippen LogP contribution is 2.29. The molecule has 0 unspecified atom stereocenters. The molecule has 0 aliphatic heterocycles. The second kappa shape index (κ2) is 8.59. The number of hydrogen-bond donors (Lipinski definition) is 1. The van der Waals surface area contributed by atoms with E-state index in [2.05, 4.69) is 56.4 Å². The van der Waals surface area contributed by atoms with Gasteiger partial charge in [0.1, 0.15) is 6.61 Å². The van der Waals surface area contributed by atoms with Crippen LogP contribution in [0.2, 0.25) is 0 Å². The van der Waals surface area contributed by atoms with Crippen LogP contribution in [0.3, 0.4) is 0 Å². The second-order valence-corrected chi connectivity index (χ2v) is 6.29. The summed E-state index contributed by atoms with van der Waals surface area (Å²) in [5.74, 6) is 2.21. The Morgan fingerprint density at radius 2 is 1.83 bits per heavy atom. The molecule has 0 radical (unpaired) electrons. The topological polar surface area (TPSA) is 30.5 Å². The summed E-state index contributed by atoms with van der Waals surface area (Å²) in [7, 11) is 1.68. The fourth-order valence-corrected chi connectivity index (χ4v) is 2.41. The SMILES string of the molecule is COc1cc(CNCC(C)C)ccc1OCc1cccc(C)c1. The predicted molar refractivity (Wildman–Crippen MR) is 95.0 cm³/mol. The fraction of sp³-hybridized carbons (Fsp3) is 0.400. The average molecular weight is 313 g/mol. The number of hydrogen-bond acceptors (Lipinski definition) is 3. The van der Waals surface area contributed by atoms with Crippen molar-refractivity contribution in [2.75, 3.05) is 13.7 Å². The lowest BCUT2D eigenvalue weighted by atomic mass is 10.1. The molecule has 23 heavy (non-hydrogen) atoms. The van der Waals surface area contributed by atoms with Crippen molar-refractivity contribution in [3.63, 3.8) is 0 Å². The molecule has 2 aromatic rings. The van der Waals surface area contributed by atoms with Crippen molar-refractivity contribution in [2.24, 2.45) is 5.92 Å². The molecule has 3 heteroatoms. The van der Waals surface area contributed by atoms with E-state index < -0.39 is 0 Å². The molecule has 0 atom stereocenters. The molecule has 1 N–H and O–H groups in total. The van der Waals surface area contributed by atoms with Gasteiger partial charge in [0.15, 0.2) is 11.5 Å². The Bertz CT molecular complexity index is 623. The fourth-order valence-electron chi connectivity index (χ4n) is 2.41. The quantitative estimate of drug-likeness (QED) is 0.787. The molecule has 3 nitrogen and oxygen atoms in total. The van der Waals surface area contributed by atoms with E-state index in [0.717, 1.165) is 30.2 Å². The molecule has 0 amide bonds. The summed E-state index contributed by atoms with van der Waals surface area (Å²) in [6.07, 6.45) is 0. The zero-order valence-electron chi connectivity index (χ0n) is 14.6. The molecule has 0 fully saturated rings. The van der Waals surface area contributed by atoms with Crippen molar-refractivity contribution in [3.05, 3.63) is 59.2 Å². The van der Waals surface area contributed by atoms with E-state index in [0.29, 0.717) is 12.5 Å². The van der Waals surface area contributed by atoms with Gasteiger partial charge in [-0.25, -0.2) is 0 Å². The van der Waals surface area contributed by atoms with Gasteiger partial charge in [0.05, 0.1) is 7.11 Å². The summed E-state index contributed by atoms with van der Waals surface area (Å²) in [5, 5.41) is 3.44. The van der Waals surface area contributed by atoms with Gasteiger partial charge in [0.25, 0.3) is 0 Å². The maximum atomic E-state index is 5.92. The van der Waals surface area contributed by atoms with Gasteiger partial charge in [-0.15, -0.1) is 0 Å². The molecular weight excluding hydrogens is 286 g/mol. The van der Waals surface area contributed by atoms with Crippen LogP contribution in [0.15, 0.2) is 42.5 Å². The van der Waals surface area contributed by atoms with Crippen molar-refractivity contribution in [2.45, 2.75) is 33.9 Å². The van der Waals surface area contributed by atoms with Crippen LogP contribution < -0.4 is 14.8 Å². The van der Waals surface area contributed by atoms with Crippen LogP contribution in [0.4, 0.5) is 0 Å².